The molecule has 4 heteroatoms. The molecule has 0 aromatic carbocycles. The minimum atomic E-state index is -0.00492. The molecule has 0 aliphatic heterocycles. The summed E-state index contributed by atoms with van der Waals surface area (Å²) in [6.07, 6.45) is 3.69. The SMILES string of the molecule is CCCCOc1cc(NC(C)(C)C)ncn1. The monoisotopic (exact) mass is 223 g/mol. The maximum Gasteiger partial charge on any atom is 0.218 e. The van der Waals surface area contributed by atoms with Crippen molar-refractivity contribution in [3.63, 3.8) is 0 Å². The second-order valence-electron chi connectivity index (χ2n) is 4.82. The van der Waals surface area contributed by atoms with Crippen LogP contribution in [0.3, 0.4) is 0 Å². The Morgan fingerprint density at radius 1 is 1.31 bits per heavy atom. The fourth-order valence-corrected chi connectivity index (χ4v) is 1.19. The molecule has 0 bridgehead atoms. The molecule has 0 saturated heterocycles. The number of ether oxygens (including phenoxy) is 1. The maximum absolute atomic E-state index is 5.51. The summed E-state index contributed by atoms with van der Waals surface area (Å²) in [7, 11) is 0. The molecule has 1 N–H and O–H groups in total. The molecular formula is C12H21N3O. The van der Waals surface area contributed by atoms with E-state index >= 15 is 0 Å². The second kappa shape index (κ2) is 5.68. The van der Waals surface area contributed by atoms with Crippen LogP contribution < -0.4 is 10.1 Å². The molecule has 0 radical (unpaired) electrons. The van der Waals surface area contributed by atoms with Crippen molar-refractivity contribution >= 4 is 5.82 Å². The number of hydrogen-bond donors (Lipinski definition) is 1. The van der Waals surface area contributed by atoms with Crippen molar-refractivity contribution in [2.24, 2.45) is 0 Å². The molecule has 1 aromatic rings. The van der Waals surface area contributed by atoms with E-state index in [4.69, 9.17) is 4.74 Å². The van der Waals surface area contributed by atoms with Gasteiger partial charge in [0.15, 0.2) is 0 Å². The summed E-state index contributed by atoms with van der Waals surface area (Å²) < 4.78 is 5.51. The second-order valence-corrected chi connectivity index (χ2v) is 4.82. The zero-order valence-corrected chi connectivity index (χ0v) is 10.6. The molecular weight excluding hydrogens is 202 g/mol. The van der Waals surface area contributed by atoms with Crippen molar-refractivity contribution in [2.75, 3.05) is 11.9 Å². The predicted octanol–water partition coefficient (Wildman–Crippen LogP) is 2.87. The molecule has 16 heavy (non-hydrogen) atoms. The summed E-state index contributed by atoms with van der Waals surface area (Å²) in [4.78, 5) is 8.22. The molecule has 0 fully saturated rings. The van der Waals surface area contributed by atoms with Crippen LogP contribution in [0.1, 0.15) is 40.5 Å². The third kappa shape index (κ3) is 4.96. The van der Waals surface area contributed by atoms with Crippen LogP contribution >= 0.6 is 0 Å². The van der Waals surface area contributed by atoms with Crippen molar-refractivity contribution in [2.45, 2.75) is 46.1 Å². The van der Waals surface area contributed by atoms with Crippen LogP contribution in [0.25, 0.3) is 0 Å². The molecule has 0 saturated carbocycles. The van der Waals surface area contributed by atoms with Gasteiger partial charge >= 0.3 is 0 Å². The summed E-state index contributed by atoms with van der Waals surface area (Å²) in [5, 5.41) is 3.28. The van der Waals surface area contributed by atoms with Crippen LogP contribution in [0.2, 0.25) is 0 Å². The topological polar surface area (TPSA) is 47.0 Å². The van der Waals surface area contributed by atoms with Gasteiger partial charge in [-0.1, -0.05) is 13.3 Å². The largest absolute Gasteiger partial charge is 0.478 e. The molecule has 1 rings (SSSR count). The Morgan fingerprint density at radius 3 is 2.69 bits per heavy atom. The molecule has 90 valence electrons. The lowest BCUT2D eigenvalue weighted by Crippen LogP contribution is -2.26. The molecule has 0 aliphatic rings. The Labute approximate surface area is 97.5 Å². The van der Waals surface area contributed by atoms with Crippen LogP contribution in [-0.4, -0.2) is 22.1 Å². The van der Waals surface area contributed by atoms with Crippen molar-refractivity contribution in [3.05, 3.63) is 12.4 Å². The molecule has 0 atom stereocenters. The lowest BCUT2D eigenvalue weighted by Gasteiger charge is -2.21. The molecule has 0 aliphatic carbocycles. The lowest BCUT2D eigenvalue weighted by atomic mass is 10.1. The highest BCUT2D eigenvalue weighted by molar-refractivity contribution is 5.39. The first kappa shape index (κ1) is 12.7. The lowest BCUT2D eigenvalue weighted by molar-refractivity contribution is 0.297. The highest BCUT2D eigenvalue weighted by Crippen LogP contribution is 2.15. The number of anilines is 1. The quantitative estimate of drug-likeness (QED) is 0.780. The summed E-state index contributed by atoms with van der Waals surface area (Å²) >= 11 is 0. The third-order valence-electron chi connectivity index (χ3n) is 1.89. The van der Waals surface area contributed by atoms with E-state index in [9.17, 15) is 0 Å². The van der Waals surface area contributed by atoms with Crippen LogP contribution in [-0.2, 0) is 0 Å². The van der Waals surface area contributed by atoms with Gasteiger partial charge in [0.05, 0.1) is 6.61 Å². The summed E-state index contributed by atoms with van der Waals surface area (Å²) in [5.74, 6) is 1.43. The van der Waals surface area contributed by atoms with E-state index in [1.807, 2.05) is 6.07 Å². The highest BCUT2D eigenvalue weighted by atomic mass is 16.5. The Hall–Kier alpha value is -1.32. The van der Waals surface area contributed by atoms with Crippen LogP contribution in [0.5, 0.6) is 5.88 Å². The fraction of sp³-hybridized carbons (Fsp3) is 0.667. The van der Waals surface area contributed by atoms with Crippen molar-refractivity contribution in [3.8, 4) is 5.88 Å². The Balaban J connectivity index is 2.57. The molecule has 1 heterocycles. The zero-order chi connectivity index (χ0) is 12.0. The average molecular weight is 223 g/mol. The number of rotatable bonds is 5. The van der Waals surface area contributed by atoms with E-state index in [0.717, 1.165) is 18.7 Å². The van der Waals surface area contributed by atoms with Crippen LogP contribution in [0, 0.1) is 0 Å². The Bertz CT molecular complexity index is 320. The van der Waals surface area contributed by atoms with Gasteiger partial charge in [-0.15, -0.1) is 0 Å². The number of hydrogen-bond acceptors (Lipinski definition) is 4. The first-order valence-electron chi connectivity index (χ1n) is 5.74. The van der Waals surface area contributed by atoms with Gasteiger partial charge in [-0.05, 0) is 27.2 Å². The van der Waals surface area contributed by atoms with Crippen molar-refractivity contribution in [1.82, 2.24) is 9.97 Å². The normalized spacial score (nSPS) is 11.2. The van der Waals surface area contributed by atoms with Gasteiger partial charge < -0.3 is 10.1 Å². The van der Waals surface area contributed by atoms with Gasteiger partial charge in [0.2, 0.25) is 5.88 Å². The van der Waals surface area contributed by atoms with Gasteiger partial charge in [-0.2, -0.15) is 0 Å². The smallest absolute Gasteiger partial charge is 0.218 e. The minimum absolute atomic E-state index is 0.00492. The first-order valence-corrected chi connectivity index (χ1v) is 5.74. The maximum atomic E-state index is 5.51. The molecule has 4 nitrogen and oxygen atoms in total. The van der Waals surface area contributed by atoms with Crippen molar-refractivity contribution < 1.29 is 4.74 Å². The average Bonchev–Trinajstić information content (AvgIpc) is 2.16. The molecule has 1 aromatic heterocycles. The highest BCUT2D eigenvalue weighted by Gasteiger charge is 2.10. The van der Waals surface area contributed by atoms with Gasteiger partial charge in [0, 0.05) is 11.6 Å². The van der Waals surface area contributed by atoms with Gasteiger partial charge in [0.25, 0.3) is 0 Å². The van der Waals surface area contributed by atoms with Gasteiger partial charge in [-0.3, -0.25) is 0 Å². The summed E-state index contributed by atoms with van der Waals surface area (Å²) in [6, 6.07) is 1.83. The summed E-state index contributed by atoms with van der Waals surface area (Å²) in [5.41, 5.74) is -0.00492. The van der Waals surface area contributed by atoms with Crippen molar-refractivity contribution in [1.29, 1.82) is 0 Å². The third-order valence-corrected chi connectivity index (χ3v) is 1.89. The van der Waals surface area contributed by atoms with Crippen LogP contribution in [0.15, 0.2) is 12.4 Å². The Kier molecular flexibility index (Phi) is 4.52. The number of nitrogens with one attached hydrogen (secondary N) is 1. The van der Waals surface area contributed by atoms with Gasteiger partial charge in [0.1, 0.15) is 12.1 Å². The van der Waals surface area contributed by atoms with Crippen LogP contribution in [0.4, 0.5) is 5.82 Å². The van der Waals surface area contributed by atoms with Gasteiger partial charge in [-0.25, -0.2) is 9.97 Å². The van der Waals surface area contributed by atoms with E-state index in [2.05, 4.69) is 43.0 Å². The van der Waals surface area contributed by atoms with E-state index in [0.29, 0.717) is 12.5 Å². The molecule has 0 amide bonds. The standard InChI is InChI=1S/C12H21N3O/c1-5-6-7-16-11-8-10(13-9-14-11)15-12(2,3)4/h8-9H,5-7H2,1-4H3,(H,13,14,15). The first-order chi connectivity index (χ1) is 7.51. The number of aromatic nitrogens is 2. The van der Waals surface area contributed by atoms with E-state index in [1.54, 1.807) is 0 Å². The van der Waals surface area contributed by atoms with E-state index < -0.39 is 0 Å². The predicted molar refractivity (Wildman–Crippen MR) is 65.8 cm³/mol. The number of nitrogens with zero attached hydrogens (tertiary/aromatic N) is 2. The minimum Gasteiger partial charge on any atom is -0.478 e. The van der Waals surface area contributed by atoms with E-state index in [-0.39, 0.29) is 5.54 Å². The molecule has 0 spiro atoms. The fourth-order valence-electron chi connectivity index (χ4n) is 1.19. The summed E-state index contributed by atoms with van der Waals surface area (Å²) in [6.45, 7) is 9.12. The Morgan fingerprint density at radius 2 is 2.06 bits per heavy atom. The number of unbranched alkanes of at least 4 members (excludes halogenated alkanes) is 1. The zero-order valence-electron chi connectivity index (χ0n) is 10.6. The molecule has 0 unspecified atom stereocenters. The van der Waals surface area contributed by atoms with E-state index in [1.165, 1.54) is 6.33 Å².